The Bertz CT molecular complexity index is 392. The highest BCUT2D eigenvalue weighted by atomic mass is 35.5. The Kier molecular flexibility index (Phi) is 9.31. The van der Waals surface area contributed by atoms with Gasteiger partial charge in [0.2, 0.25) is 0 Å². The van der Waals surface area contributed by atoms with Crippen LogP contribution in [0.15, 0.2) is 10.8 Å². The standard InChI is InChI=1S/C4H3Cl2NS.C4H5ClN2S.ClH/c2*5-1-3-2-8-4(6)7-3;/h2H,1H2;2H,1H2,(H2,6,7);1H. The van der Waals surface area contributed by atoms with Gasteiger partial charge in [-0.1, -0.05) is 11.6 Å². The van der Waals surface area contributed by atoms with Crippen molar-refractivity contribution in [2.75, 3.05) is 5.73 Å². The smallest absolute Gasteiger partial charge is 0.183 e. The quantitative estimate of drug-likeness (QED) is 0.813. The molecule has 0 fully saturated rings. The number of hydrogen-bond donors (Lipinski definition) is 1. The topological polar surface area (TPSA) is 51.8 Å². The van der Waals surface area contributed by atoms with Crippen LogP contribution >= 0.6 is 69.9 Å². The highest BCUT2D eigenvalue weighted by Gasteiger charge is 1.94. The number of thiazole rings is 2. The van der Waals surface area contributed by atoms with Gasteiger partial charge in [-0.25, -0.2) is 9.97 Å². The number of halogens is 4. The maximum Gasteiger partial charge on any atom is 0.183 e. The van der Waals surface area contributed by atoms with Crippen molar-refractivity contribution in [3.8, 4) is 0 Å². The SMILES string of the molecule is Cl.ClCc1csc(Cl)n1.Nc1nc(CCl)cs1. The van der Waals surface area contributed by atoms with Crippen LogP contribution in [0.4, 0.5) is 5.13 Å². The van der Waals surface area contributed by atoms with Crippen LogP contribution in [-0.4, -0.2) is 9.97 Å². The molecule has 0 unspecified atom stereocenters. The van der Waals surface area contributed by atoms with E-state index in [9.17, 15) is 0 Å². The van der Waals surface area contributed by atoms with Gasteiger partial charge in [-0.2, -0.15) is 0 Å². The van der Waals surface area contributed by atoms with Crippen molar-refractivity contribution in [1.82, 2.24) is 9.97 Å². The molecule has 2 rings (SSSR count). The minimum Gasteiger partial charge on any atom is -0.375 e. The Labute approximate surface area is 128 Å². The zero-order chi connectivity index (χ0) is 12.0. The molecule has 0 aliphatic rings. The Balaban J connectivity index is 0.000000284. The molecule has 0 aliphatic heterocycles. The summed E-state index contributed by atoms with van der Waals surface area (Å²) >= 11 is 19.2. The molecule has 0 saturated carbocycles. The zero-order valence-corrected chi connectivity index (χ0v) is 13.1. The largest absolute Gasteiger partial charge is 0.375 e. The van der Waals surface area contributed by atoms with E-state index in [1.54, 1.807) is 0 Å². The highest BCUT2D eigenvalue weighted by Crippen LogP contribution is 2.15. The molecule has 96 valence electrons. The first-order valence-electron chi connectivity index (χ1n) is 4.07. The summed E-state index contributed by atoms with van der Waals surface area (Å²) in [4.78, 5) is 7.77. The predicted molar refractivity (Wildman–Crippen MR) is 80.0 cm³/mol. The molecule has 2 N–H and O–H groups in total. The van der Waals surface area contributed by atoms with Crippen molar-refractivity contribution in [2.24, 2.45) is 0 Å². The van der Waals surface area contributed by atoms with E-state index >= 15 is 0 Å². The molecule has 3 nitrogen and oxygen atoms in total. The summed E-state index contributed by atoms with van der Waals surface area (Å²) < 4.78 is 0.556. The molecule has 2 heterocycles. The summed E-state index contributed by atoms with van der Waals surface area (Å²) in [5.74, 6) is 0.900. The van der Waals surface area contributed by atoms with Gasteiger partial charge in [-0.05, 0) is 0 Å². The molecule has 0 atom stereocenters. The Morgan fingerprint density at radius 2 is 1.59 bits per heavy atom. The predicted octanol–water partition coefficient (Wildman–Crippen LogP) is 4.42. The third-order valence-electron chi connectivity index (χ3n) is 1.37. The monoisotopic (exact) mass is 351 g/mol. The number of nitrogens with two attached hydrogens (primary N) is 1. The van der Waals surface area contributed by atoms with Crippen molar-refractivity contribution in [1.29, 1.82) is 0 Å². The molecular formula is C8H9Cl4N3S2. The van der Waals surface area contributed by atoms with Crippen molar-refractivity contribution in [3.63, 3.8) is 0 Å². The molecule has 0 radical (unpaired) electrons. The molecule has 0 amide bonds. The second-order valence-electron chi connectivity index (χ2n) is 2.54. The summed E-state index contributed by atoms with van der Waals surface area (Å²) in [7, 11) is 0. The molecule has 0 aromatic carbocycles. The molecule has 9 heteroatoms. The van der Waals surface area contributed by atoms with E-state index in [4.69, 9.17) is 40.5 Å². The van der Waals surface area contributed by atoms with Gasteiger partial charge in [0.25, 0.3) is 0 Å². The van der Waals surface area contributed by atoms with Crippen molar-refractivity contribution in [2.45, 2.75) is 11.8 Å². The molecule has 17 heavy (non-hydrogen) atoms. The van der Waals surface area contributed by atoms with Gasteiger partial charge in [0.15, 0.2) is 9.60 Å². The van der Waals surface area contributed by atoms with Gasteiger partial charge < -0.3 is 5.73 Å². The van der Waals surface area contributed by atoms with E-state index in [1.807, 2.05) is 10.8 Å². The number of aromatic nitrogens is 2. The van der Waals surface area contributed by atoms with E-state index in [0.717, 1.165) is 11.4 Å². The summed E-state index contributed by atoms with van der Waals surface area (Å²) in [6.45, 7) is 0. The number of anilines is 1. The lowest BCUT2D eigenvalue weighted by Crippen LogP contribution is -1.82. The summed E-state index contributed by atoms with van der Waals surface area (Å²) in [5, 5.41) is 4.28. The third-order valence-corrected chi connectivity index (χ3v) is 3.66. The molecule has 0 spiro atoms. The van der Waals surface area contributed by atoms with Crippen LogP contribution in [-0.2, 0) is 11.8 Å². The fourth-order valence-electron chi connectivity index (χ4n) is 0.728. The normalized spacial score (nSPS) is 9.12. The fraction of sp³-hybridized carbons (Fsp3) is 0.250. The second kappa shape index (κ2) is 9.19. The van der Waals surface area contributed by atoms with Crippen LogP contribution in [0.1, 0.15) is 11.4 Å². The maximum absolute atomic E-state index is 5.49. The lowest BCUT2D eigenvalue weighted by Gasteiger charge is -1.77. The molecule has 2 aromatic rings. The number of alkyl halides is 2. The summed E-state index contributed by atoms with van der Waals surface area (Å²) in [6.07, 6.45) is 0. The Morgan fingerprint density at radius 1 is 1.06 bits per heavy atom. The molecule has 0 saturated heterocycles. The zero-order valence-electron chi connectivity index (χ0n) is 8.40. The summed E-state index contributed by atoms with van der Waals surface area (Å²) in [6, 6.07) is 0. The van der Waals surface area contributed by atoms with E-state index in [-0.39, 0.29) is 12.4 Å². The van der Waals surface area contributed by atoms with E-state index in [0.29, 0.717) is 21.4 Å². The van der Waals surface area contributed by atoms with Crippen LogP contribution in [0.5, 0.6) is 0 Å². The minimum absolute atomic E-state index is 0. The van der Waals surface area contributed by atoms with E-state index < -0.39 is 0 Å². The van der Waals surface area contributed by atoms with Crippen LogP contribution in [0.3, 0.4) is 0 Å². The van der Waals surface area contributed by atoms with Gasteiger partial charge in [0.1, 0.15) is 0 Å². The van der Waals surface area contributed by atoms with Gasteiger partial charge in [0.05, 0.1) is 23.1 Å². The summed E-state index contributed by atoms with van der Waals surface area (Å²) in [5.41, 5.74) is 7.01. The van der Waals surface area contributed by atoms with Gasteiger partial charge >= 0.3 is 0 Å². The second-order valence-corrected chi connectivity index (χ2v) is 5.40. The Morgan fingerprint density at radius 3 is 1.82 bits per heavy atom. The Hall–Kier alpha value is 0.220. The molecule has 2 aromatic heterocycles. The minimum atomic E-state index is 0. The first-order valence-corrected chi connectivity index (χ1v) is 7.28. The third kappa shape index (κ3) is 6.64. The van der Waals surface area contributed by atoms with Gasteiger partial charge in [-0.15, -0.1) is 58.3 Å². The molecule has 0 aliphatic carbocycles. The molecular weight excluding hydrogens is 344 g/mol. The van der Waals surface area contributed by atoms with Gasteiger partial charge in [-0.3, -0.25) is 0 Å². The maximum atomic E-state index is 5.49. The van der Waals surface area contributed by atoms with Crippen molar-refractivity contribution < 1.29 is 0 Å². The number of nitrogens with zero attached hydrogens (tertiary/aromatic N) is 2. The average Bonchev–Trinajstić information content (AvgIpc) is 2.88. The lowest BCUT2D eigenvalue weighted by atomic mass is 10.6. The fourth-order valence-corrected chi connectivity index (χ4v) is 2.53. The average molecular weight is 353 g/mol. The lowest BCUT2D eigenvalue weighted by molar-refractivity contribution is 1.23. The van der Waals surface area contributed by atoms with Crippen LogP contribution in [0.2, 0.25) is 4.47 Å². The van der Waals surface area contributed by atoms with Crippen LogP contribution in [0.25, 0.3) is 0 Å². The van der Waals surface area contributed by atoms with Crippen LogP contribution in [0, 0.1) is 0 Å². The molecule has 0 bridgehead atoms. The number of hydrogen-bond acceptors (Lipinski definition) is 5. The number of rotatable bonds is 2. The van der Waals surface area contributed by atoms with Gasteiger partial charge in [0, 0.05) is 10.8 Å². The van der Waals surface area contributed by atoms with Crippen LogP contribution < -0.4 is 5.73 Å². The van der Waals surface area contributed by atoms with Crippen molar-refractivity contribution in [3.05, 3.63) is 26.6 Å². The van der Waals surface area contributed by atoms with E-state index in [2.05, 4.69) is 9.97 Å². The highest BCUT2D eigenvalue weighted by molar-refractivity contribution is 7.14. The number of nitrogen functional groups attached to an aromatic ring is 1. The van der Waals surface area contributed by atoms with Crippen molar-refractivity contribution >= 4 is 75.0 Å². The van der Waals surface area contributed by atoms with E-state index in [1.165, 1.54) is 22.7 Å². The first-order chi connectivity index (χ1) is 7.65. The first kappa shape index (κ1) is 17.2.